The number of fused-ring (bicyclic) bond motifs is 14. The molecule has 63 heavy (non-hydrogen) atoms. The Balaban J connectivity index is 1.41. The molecule has 6 aliphatic rings. The third-order valence-corrected chi connectivity index (χ3v) is 13.5. The average Bonchev–Trinajstić information content (AvgIpc) is 3.88. The number of morpholine rings is 1. The molecule has 1 aromatic carbocycles. The van der Waals surface area contributed by atoms with E-state index in [0.29, 0.717) is 12.5 Å². The maximum atomic E-state index is 14.8. The molecule has 0 spiro atoms. The van der Waals surface area contributed by atoms with Gasteiger partial charge in [-0.15, -0.1) is 0 Å². The van der Waals surface area contributed by atoms with Gasteiger partial charge in [0.25, 0.3) is 11.7 Å². The lowest BCUT2D eigenvalue weighted by Crippen LogP contribution is -2.47. The van der Waals surface area contributed by atoms with Gasteiger partial charge in [0.1, 0.15) is 29.0 Å². The van der Waals surface area contributed by atoms with Crippen molar-refractivity contribution in [1.29, 1.82) is 0 Å². The van der Waals surface area contributed by atoms with E-state index in [4.69, 9.17) is 23.7 Å². The van der Waals surface area contributed by atoms with E-state index in [2.05, 4.69) is 10.6 Å². The van der Waals surface area contributed by atoms with Crippen molar-refractivity contribution in [1.82, 2.24) is 15.5 Å². The Bertz CT molecular complexity index is 2080. The summed E-state index contributed by atoms with van der Waals surface area (Å²) in [6.45, 7) is 12.5. The van der Waals surface area contributed by atoms with Gasteiger partial charge in [-0.3, -0.25) is 19.2 Å². The van der Waals surface area contributed by atoms with Crippen LogP contribution in [0.4, 0.5) is 4.79 Å². The van der Waals surface area contributed by atoms with Gasteiger partial charge < -0.3 is 54.5 Å². The van der Waals surface area contributed by atoms with Crippen LogP contribution in [0.1, 0.15) is 110 Å². The Morgan fingerprint density at radius 3 is 2.29 bits per heavy atom. The molecule has 4 heterocycles. The average molecular weight is 878 g/mol. The van der Waals surface area contributed by atoms with Crippen molar-refractivity contribution >= 4 is 29.4 Å². The number of amides is 2. The zero-order chi connectivity index (χ0) is 45.9. The van der Waals surface area contributed by atoms with Crippen LogP contribution in [0.5, 0.6) is 11.5 Å². The molecule has 9 atom stereocenters. The summed E-state index contributed by atoms with van der Waals surface area (Å²) in [5.74, 6) is -8.06. The number of Topliss-reactive ketones (excluding diaryl/α,β-unsaturated/α-hetero) is 3. The van der Waals surface area contributed by atoms with Gasteiger partial charge in [0, 0.05) is 68.5 Å². The molecule has 16 nitrogen and oxygen atoms in total. The van der Waals surface area contributed by atoms with Gasteiger partial charge in [0.2, 0.25) is 11.6 Å². The molecule has 0 aromatic heterocycles. The summed E-state index contributed by atoms with van der Waals surface area (Å²) in [5, 5.41) is 40.3. The zero-order valence-electron chi connectivity index (χ0n) is 37.5. The van der Waals surface area contributed by atoms with Crippen molar-refractivity contribution in [2.75, 3.05) is 40.0 Å². The van der Waals surface area contributed by atoms with Crippen molar-refractivity contribution < 1.29 is 63.0 Å². The van der Waals surface area contributed by atoms with E-state index in [1.165, 1.54) is 59.1 Å². The van der Waals surface area contributed by atoms with Gasteiger partial charge in [0.15, 0.2) is 0 Å². The third-order valence-electron chi connectivity index (χ3n) is 13.5. The minimum Gasteiger partial charge on any atom is -0.507 e. The number of allylic oxidation sites excluding steroid dienone is 4. The topological polar surface area (TPSA) is 219 Å². The van der Waals surface area contributed by atoms with Crippen LogP contribution in [0.3, 0.4) is 0 Å². The number of nitrogens with zero attached hydrogens (tertiary/aromatic N) is 1. The largest absolute Gasteiger partial charge is 0.507 e. The quantitative estimate of drug-likeness (QED) is 0.253. The van der Waals surface area contributed by atoms with Gasteiger partial charge in [0.05, 0.1) is 54.5 Å². The molecule has 2 fully saturated rings. The second-order valence-corrected chi connectivity index (χ2v) is 17.8. The normalized spacial score (nSPS) is 33.0. The summed E-state index contributed by atoms with van der Waals surface area (Å²) in [7, 11) is 1.45. The van der Waals surface area contributed by atoms with E-state index in [1.54, 1.807) is 44.7 Å². The minimum atomic E-state index is -2.09. The zero-order valence-corrected chi connectivity index (χ0v) is 37.5. The van der Waals surface area contributed by atoms with Gasteiger partial charge in [-0.25, -0.2) is 4.79 Å². The predicted molar refractivity (Wildman–Crippen MR) is 230 cm³/mol. The Kier molecular flexibility index (Phi) is 14.9. The molecule has 7 rings (SSSR count). The minimum absolute atomic E-state index is 0.00442. The van der Waals surface area contributed by atoms with Gasteiger partial charge in [-0.1, -0.05) is 71.6 Å². The number of rotatable bonds is 6. The Hall–Kier alpha value is -5.03. The summed E-state index contributed by atoms with van der Waals surface area (Å²) in [5.41, 5.74) is -1.45. The molecule has 5 bridgehead atoms. The number of phenols is 1. The van der Waals surface area contributed by atoms with Crippen molar-refractivity contribution in [3.63, 3.8) is 0 Å². The molecule has 0 radical (unpaired) electrons. The molecule has 5 N–H and O–H groups in total. The number of benzene rings is 1. The highest BCUT2D eigenvalue weighted by Gasteiger charge is 2.53. The van der Waals surface area contributed by atoms with Gasteiger partial charge in [-0.2, -0.15) is 0 Å². The fourth-order valence-corrected chi connectivity index (χ4v) is 9.42. The van der Waals surface area contributed by atoms with E-state index in [-0.39, 0.29) is 65.7 Å². The van der Waals surface area contributed by atoms with E-state index >= 15 is 0 Å². The second-order valence-electron chi connectivity index (χ2n) is 17.8. The Morgan fingerprint density at radius 2 is 1.62 bits per heavy atom. The van der Waals surface area contributed by atoms with E-state index in [1.807, 2.05) is 0 Å². The number of carbonyl (C=O) groups is 5. The van der Waals surface area contributed by atoms with Crippen LogP contribution in [-0.2, 0) is 23.7 Å². The molecular weight excluding hydrogens is 815 g/mol. The van der Waals surface area contributed by atoms with Crippen LogP contribution in [0.25, 0.3) is 0 Å². The van der Waals surface area contributed by atoms with Crippen LogP contribution in [0, 0.1) is 36.5 Å². The molecular formula is C47H63N3O13. The Labute approximate surface area is 368 Å². The number of hydrogen-bond donors (Lipinski definition) is 5. The number of methoxy groups -OCH3 is 1. The summed E-state index contributed by atoms with van der Waals surface area (Å²) >= 11 is 0. The number of aliphatic hydroxyl groups excluding tert-OH is 2. The number of ether oxygens (including phenoxy) is 5. The van der Waals surface area contributed by atoms with Crippen molar-refractivity contribution in [2.45, 2.75) is 111 Å². The Morgan fingerprint density at radius 1 is 0.937 bits per heavy atom. The number of ketones is 3. The maximum Gasteiger partial charge on any atom is 0.407 e. The van der Waals surface area contributed by atoms with Crippen LogP contribution < -0.4 is 15.4 Å². The first-order chi connectivity index (χ1) is 29.9. The fourth-order valence-electron chi connectivity index (χ4n) is 9.42. The number of aromatic hydroxyl groups is 1. The number of hydrogen-bond acceptors (Lipinski definition) is 14. The SMILES string of the molecule is CO[C@H]1/C=C/O[C@@]2(C)Oc3c(C)c(O)c4c(c3C2=O)C(=O)C(N2CCOCC2)=C(NC(=O)/C(C)=C\C=C\[C@H](C)[C@H](O)[C@@H](C)[C@@H](O)[C@@H](C)[C@H](OC(=O)NCCC2CCCC2)[C@@H]1C)C4=O. The van der Waals surface area contributed by atoms with Crippen molar-refractivity contribution in [2.24, 2.45) is 29.6 Å². The standard InChI is InChI=1S/C47H63N3O13/c1-24-12-11-13-25(2)45(57)49-35-36(50-19-22-60-23-20-50)41(55)32-33(40(35)54)39(53)29(6)43-34(32)44(56)47(7,63-43)61-21-17-31(59-8)26(3)42(28(5)38(52)27(4)37(24)51)62-46(58)48-18-16-30-14-9-10-15-30/h11-13,17,21,24,26-28,30-31,37-38,42,51-53H,9-10,14-16,18-20,22-23H2,1-8H3,(H,48,58)(H,49,57)/b12-11+,21-17+,25-13-/t24-,26+,27+,28+,31-,37-,38+,42+,47-/m0/s1. The number of nitrogens with one attached hydrogen (secondary N) is 2. The monoisotopic (exact) mass is 877 g/mol. The maximum absolute atomic E-state index is 14.8. The first-order valence-electron chi connectivity index (χ1n) is 22.1. The molecule has 2 aliphatic carbocycles. The van der Waals surface area contributed by atoms with Crippen LogP contribution >= 0.6 is 0 Å². The number of aliphatic hydroxyl groups is 2. The highest BCUT2D eigenvalue weighted by molar-refractivity contribution is 6.32. The number of phenolic OH excluding ortho intramolecular Hbond substituents is 1. The van der Waals surface area contributed by atoms with Crippen LogP contribution in [-0.4, -0.2) is 120 Å². The third kappa shape index (κ3) is 9.59. The van der Waals surface area contributed by atoms with Crippen LogP contribution in [0.15, 0.2) is 47.5 Å². The summed E-state index contributed by atoms with van der Waals surface area (Å²) < 4.78 is 29.6. The summed E-state index contributed by atoms with van der Waals surface area (Å²) in [6, 6.07) is 0. The van der Waals surface area contributed by atoms with Crippen molar-refractivity contribution in [3.05, 3.63) is 69.8 Å². The molecule has 1 aromatic rings. The molecule has 1 saturated carbocycles. The van der Waals surface area contributed by atoms with Gasteiger partial charge >= 0.3 is 11.9 Å². The molecule has 4 aliphatic heterocycles. The second kappa shape index (κ2) is 19.8. The van der Waals surface area contributed by atoms with Crippen molar-refractivity contribution in [3.8, 4) is 11.5 Å². The summed E-state index contributed by atoms with van der Waals surface area (Å²) in [4.78, 5) is 72.5. The highest BCUT2D eigenvalue weighted by Crippen LogP contribution is 2.49. The number of alkyl carbamates (subject to hydrolysis) is 1. The first-order valence-corrected chi connectivity index (χ1v) is 22.1. The molecule has 1 saturated heterocycles. The molecule has 16 heteroatoms. The number of carbonyl (C=O) groups excluding carboxylic acids is 5. The fraction of sp³-hybridized carbons (Fsp3) is 0.596. The lowest BCUT2D eigenvalue weighted by Gasteiger charge is -2.38. The lowest BCUT2D eigenvalue weighted by molar-refractivity contribution is -0.116. The van der Waals surface area contributed by atoms with E-state index in [0.717, 1.165) is 19.3 Å². The molecule has 0 unspecified atom stereocenters. The lowest BCUT2D eigenvalue weighted by atomic mass is 9.78. The highest BCUT2D eigenvalue weighted by atomic mass is 16.7. The molecule has 2 amide bonds. The van der Waals surface area contributed by atoms with E-state index < -0.39 is 94.5 Å². The smallest absolute Gasteiger partial charge is 0.407 e. The molecule has 344 valence electrons. The van der Waals surface area contributed by atoms with Crippen LogP contribution in [0.2, 0.25) is 0 Å². The van der Waals surface area contributed by atoms with E-state index in [9.17, 15) is 39.3 Å². The summed E-state index contributed by atoms with van der Waals surface area (Å²) in [6.07, 6.45) is 8.18. The first kappa shape index (κ1) is 47.4. The predicted octanol–water partition coefficient (Wildman–Crippen LogP) is 5.03. The van der Waals surface area contributed by atoms with Gasteiger partial charge in [-0.05, 0) is 32.3 Å².